The van der Waals surface area contributed by atoms with E-state index in [4.69, 9.17) is 11.6 Å². The van der Waals surface area contributed by atoms with Gasteiger partial charge >= 0.3 is 0 Å². The number of aromatic nitrogens is 5. The zero-order valence-corrected chi connectivity index (χ0v) is 21.6. The maximum atomic E-state index is 6.52. The first-order valence-electron chi connectivity index (χ1n) is 10.1. The molecule has 31 heavy (non-hydrogen) atoms. The molecule has 0 spiro atoms. The van der Waals surface area contributed by atoms with Crippen LogP contribution in [0.25, 0.3) is 27.8 Å². The van der Waals surface area contributed by atoms with Gasteiger partial charge in [0.2, 0.25) is 0 Å². The molecule has 0 saturated heterocycles. The fourth-order valence-corrected chi connectivity index (χ4v) is 3.87. The number of pyridine rings is 1. The van der Waals surface area contributed by atoms with Gasteiger partial charge in [-0.05, 0) is 37.6 Å². The molecule has 0 unspecified atom stereocenters. The van der Waals surface area contributed by atoms with Crippen molar-refractivity contribution in [2.75, 3.05) is 12.5 Å². The van der Waals surface area contributed by atoms with Crippen molar-refractivity contribution in [2.45, 2.75) is 44.9 Å². The van der Waals surface area contributed by atoms with Crippen LogP contribution in [0.2, 0.25) is 5.02 Å². The first kappa shape index (κ1) is 26.9. The molecular weight excluding hydrogens is 446 g/mol. The van der Waals surface area contributed by atoms with Gasteiger partial charge in [0.15, 0.2) is 10.3 Å². The van der Waals surface area contributed by atoms with E-state index in [1.807, 2.05) is 63.7 Å². The highest BCUT2D eigenvalue weighted by molar-refractivity contribution is 7.98. The molecule has 4 rings (SSSR count). The highest BCUT2D eigenvalue weighted by Crippen LogP contribution is 2.39. The van der Waals surface area contributed by atoms with Gasteiger partial charge in [-0.3, -0.25) is 4.40 Å². The van der Waals surface area contributed by atoms with E-state index in [0.29, 0.717) is 5.02 Å². The average molecular weight is 476 g/mol. The van der Waals surface area contributed by atoms with Crippen molar-refractivity contribution in [3.63, 3.8) is 0 Å². The largest absolute Gasteiger partial charge is 0.272 e. The van der Waals surface area contributed by atoms with E-state index >= 15 is 0 Å². The van der Waals surface area contributed by atoms with Gasteiger partial charge in [0.1, 0.15) is 5.65 Å². The molecule has 0 aliphatic rings. The van der Waals surface area contributed by atoms with Crippen molar-refractivity contribution in [1.82, 2.24) is 24.3 Å². The Kier molecular flexibility index (Phi) is 12.2. The molecule has 0 amide bonds. The van der Waals surface area contributed by atoms with Crippen LogP contribution in [-0.2, 0) is 0 Å². The molecule has 0 aliphatic heterocycles. The van der Waals surface area contributed by atoms with E-state index in [9.17, 15) is 0 Å². The second-order valence-corrected chi connectivity index (χ2v) is 7.31. The Morgan fingerprint density at radius 2 is 1.55 bits per heavy atom. The SMILES string of the molecule is C=CC.CC.CC.CSc1nccc(-c2c3c(Cl)ccnc3n3c(SC)nccc23)n1. The van der Waals surface area contributed by atoms with Gasteiger partial charge in [-0.2, -0.15) is 0 Å². The third kappa shape index (κ3) is 5.99. The van der Waals surface area contributed by atoms with Gasteiger partial charge < -0.3 is 0 Å². The van der Waals surface area contributed by atoms with Gasteiger partial charge in [-0.25, -0.2) is 19.9 Å². The molecule has 0 aromatic carbocycles. The van der Waals surface area contributed by atoms with Gasteiger partial charge in [-0.1, -0.05) is 68.9 Å². The molecule has 4 aromatic rings. The van der Waals surface area contributed by atoms with Crippen molar-refractivity contribution in [2.24, 2.45) is 0 Å². The summed E-state index contributed by atoms with van der Waals surface area (Å²) in [6, 6.07) is 5.67. The van der Waals surface area contributed by atoms with Crippen LogP contribution < -0.4 is 0 Å². The molecule has 0 bridgehead atoms. The van der Waals surface area contributed by atoms with Gasteiger partial charge in [-0.15, -0.1) is 6.58 Å². The minimum atomic E-state index is 0.648. The number of rotatable bonds is 3. The summed E-state index contributed by atoms with van der Waals surface area (Å²) in [5.74, 6) is 0. The average Bonchev–Trinajstić information content (AvgIpc) is 3.18. The lowest BCUT2D eigenvalue weighted by Gasteiger charge is -2.04. The minimum Gasteiger partial charge on any atom is -0.272 e. The van der Waals surface area contributed by atoms with Crippen LogP contribution in [0.15, 0.2) is 59.8 Å². The van der Waals surface area contributed by atoms with E-state index in [1.165, 1.54) is 11.8 Å². The number of halogens is 1. The Hall–Kier alpha value is -2.09. The molecule has 0 N–H and O–H groups in total. The van der Waals surface area contributed by atoms with Crippen molar-refractivity contribution < 1.29 is 0 Å². The minimum absolute atomic E-state index is 0.648. The molecule has 0 fully saturated rings. The summed E-state index contributed by atoms with van der Waals surface area (Å²) in [4.78, 5) is 17.9. The number of fused-ring (bicyclic) bond motifs is 3. The zero-order chi connectivity index (χ0) is 23.4. The lowest BCUT2D eigenvalue weighted by molar-refractivity contribution is 0.922. The Morgan fingerprint density at radius 1 is 0.935 bits per heavy atom. The fourth-order valence-electron chi connectivity index (χ4n) is 2.75. The number of hydrogen-bond acceptors (Lipinski definition) is 6. The highest BCUT2D eigenvalue weighted by Gasteiger charge is 2.20. The lowest BCUT2D eigenvalue weighted by atomic mass is 10.1. The lowest BCUT2D eigenvalue weighted by Crippen LogP contribution is -1.94. The molecule has 166 valence electrons. The summed E-state index contributed by atoms with van der Waals surface area (Å²) in [6.07, 6.45) is 11.0. The van der Waals surface area contributed by atoms with Crippen molar-refractivity contribution >= 4 is 51.7 Å². The smallest absolute Gasteiger partial charge is 0.187 e. The molecule has 0 aliphatic carbocycles. The van der Waals surface area contributed by atoms with E-state index in [0.717, 1.165) is 38.1 Å². The maximum absolute atomic E-state index is 6.52. The second kappa shape index (κ2) is 14.1. The van der Waals surface area contributed by atoms with Crippen LogP contribution in [-0.4, -0.2) is 36.8 Å². The number of nitrogens with zero attached hydrogens (tertiary/aromatic N) is 5. The van der Waals surface area contributed by atoms with Crippen LogP contribution in [0, 0.1) is 0 Å². The molecule has 0 radical (unpaired) electrons. The molecular formula is C23H30ClN5S2. The fraction of sp³-hybridized carbons (Fsp3) is 0.304. The van der Waals surface area contributed by atoms with E-state index in [1.54, 1.807) is 42.5 Å². The summed E-state index contributed by atoms with van der Waals surface area (Å²) < 4.78 is 2.03. The topological polar surface area (TPSA) is 56.0 Å². The van der Waals surface area contributed by atoms with Crippen LogP contribution in [0.1, 0.15) is 34.6 Å². The summed E-state index contributed by atoms with van der Waals surface area (Å²) in [7, 11) is 0. The third-order valence-corrected chi connectivity index (χ3v) is 5.23. The van der Waals surface area contributed by atoms with Crippen LogP contribution in [0.3, 0.4) is 0 Å². The molecule has 4 heterocycles. The van der Waals surface area contributed by atoms with E-state index < -0.39 is 0 Å². The van der Waals surface area contributed by atoms with Gasteiger partial charge in [0.25, 0.3) is 0 Å². The van der Waals surface area contributed by atoms with Crippen molar-refractivity contribution in [1.29, 1.82) is 0 Å². The monoisotopic (exact) mass is 475 g/mol. The number of hydrogen-bond donors (Lipinski definition) is 0. The Balaban J connectivity index is 0.000000620. The molecule has 0 atom stereocenters. The Labute approximate surface area is 198 Å². The standard InChI is InChI=1S/C16H12ClN5S2.C3H6.2C2H6/c1-23-15-19-7-4-10(21-15)13-11-5-8-20-16(24-2)22(11)14-12(13)9(17)3-6-18-14;1-3-2;2*1-2/h3-8H,1-2H3;3H,1H2,2H3;2*1-2H3. The quantitative estimate of drug-likeness (QED) is 0.172. The van der Waals surface area contributed by atoms with Gasteiger partial charge in [0.05, 0.1) is 16.2 Å². The first-order chi connectivity index (χ1) is 15.2. The summed E-state index contributed by atoms with van der Waals surface area (Å²) in [5.41, 5.74) is 3.55. The third-order valence-electron chi connectivity index (χ3n) is 3.70. The molecule has 4 aromatic heterocycles. The Bertz CT molecular complexity index is 1110. The Morgan fingerprint density at radius 3 is 2.16 bits per heavy atom. The summed E-state index contributed by atoms with van der Waals surface area (Å²) in [6.45, 7) is 13.2. The zero-order valence-electron chi connectivity index (χ0n) is 19.2. The van der Waals surface area contributed by atoms with Crippen LogP contribution >= 0.6 is 35.1 Å². The maximum Gasteiger partial charge on any atom is 0.187 e. The molecule has 5 nitrogen and oxygen atoms in total. The normalized spacial score (nSPS) is 9.68. The predicted molar refractivity (Wildman–Crippen MR) is 139 cm³/mol. The second-order valence-electron chi connectivity index (χ2n) is 5.36. The van der Waals surface area contributed by atoms with Gasteiger partial charge in [0, 0.05) is 29.5 Å². The summed E-state index contributed by atoms with van der Waals surface area (Å²) >= 11 is 9.60. The van der Waals surface area contributed by atoms with Crippen molar-refractivity contribution in [3.05, 3.63) is 54.5 Å². The van der Waals surface area contributed by atoms with Crippen LogP contribution in [0.4, 0.5) is 0 Å². The van der Waals surface area contributed by atoms with E-state index in [-0.39, 0.29) is 0 Å². The summed E-state index contributed by atoms with van der Waals surface area (Å²) in [5, 5.41) is 3.11. The predicted octanol–water partition coefficient (Wildman–Crippen LogP) is 7.68. The first-order valence-corrected chi connectivity index (χ1v) is 12.9. The molecule has 0 saturated carbocycles. The van der Waals surface area contributed by atoms with E-state index in [2.05, 4.69) is 26.5 Å². The number of thioether (sulfide) groups is 2. The number of allylic oxidation sites excluding steroid dienone is 1. The van der Waals surface area contributed by atoms with Crippen molar-refractivity contribution in [3.8, 4) is 11.3 Å². The molecule has 8 heteroatoms. The highest BCUT2D eigenvalue weighted by atomic mass is 35.5. The van der Waals surface area contributed by atoms with Crippen LogP contribution in [0.5, 0.6) is 0 Å².